The highest BCUT2D eigenvalue weighted by molar-refractivity contribution is 6.70. The van der Waals surface area contributed by atoms with Crippen molar-refractivity contribution in [3.63, 3.8) is 0 Å². The molecular formula is C11H6Cl3N5. The Hall–Kier alpha value is -1.43. The van der Waals surface area contributed by atoms with Gasteiger partial charge in [-0.2, -0.15) is 4.99 Å². The molecule has 0 bridgehead atoms. The number of amidine groups is 1. The molecule has 0 fully saturated rings. The van der Waals surface area contributed by atoms with Crippen molar-refractivity contribution in [2.45, 2.75) is 6.04 Å². The molecule has 0 spiro atoms. The summed E-state index contributed by atoms with van der Waals surface area (Å²) in [5.41, 5.74) is 0.708. The van der Waals surface area contributed by atoms with E-state index in [1.807, 2.05) is 0 Å². The summed E-state index contributed by atoms with van der Waals surface area (Å²) in [6.45, 7) is 0. The van der Waals surface area contributed by atoms with E-state index in [2.05, 4.69) is 25.3 Å². The van der Waals surface area contributed by atoms with Crippen LogP contribution in [0.25, 0.3) is 0 Å². The number of rotatable bonds is 1. The van der Waals surface area contributed by atoms with Crippen molar-refractivity contribution in [3.8, 4) is 0 Å². The maximum atomic E-state index is 6.02. The molecule has 1 atom stereocenters. The standard InChI is InChI=1S/C11H6Cl3N5/c12-6-2-1-5(3-7(6)13)17-11-18-9(14)8-10(19-11)16-4-15-8/h1-4,8H,(H,15,16,17,19). The molecule has 0 saturated carbocycles. The van der Waals surface area contributed by atoms with E-state index in [0.717, 1.165) is 0 Å². The predicted molar refractivity (Wildman–Crippen MR) is 80.5 cm³/mol. The van der Waals surface area contributed by atoms with E-state index in [-0.39, 0.29) is 6.04 Å². The average molecular weight is 315 g/mol. The maximum absolute atomic E-state index is 6.02. The van der Waals surface area contributed by atoms with E-state index in [9.17, 15) is 0 Å². The fourth-order valence-electron chi connectivity index (χ4n) is 1.61. The fraction of sp³-hybridized carbons (Fsp3) is 0.0909. The topological polar surface area (TPSA) is 61.5 Å². The highest BCUT2D eigenvalue weighted by Gasteiger charge is 2.27. The lowest BCUT2D eigenvalue weighted by Crippen LogP contribution is -2.29. The molecule has 5 nitrogen and oxygen atoms in total. The van der Waals surface area contributed by atoms with Crippen LogP contribution in [0, 0.1) is 0 Å². The summed E-state index contributed by atoms with van der Waals surface area (Å²) in [5.74, 6) is 0.853. The lowest BCUT2D eigenvalue weighted by molar-refractivity contribution is 1.15. The summed E-state index contributed by atoms with van der Waals surface area (Å²) in [6, 6.07) is 4.75. The zero-order chi connectivity index (χ0) is 13.4. The van der Waals surface area contributed by atoms with E-state index in [0.29, 0.717) is 32.7 Å². The van der Waals surface area contributed by atoms with Crippen LogP contribution >= 0.6 is 34.8 Å². The summed E-state index contributed by atoms with van der Waals surface area (Å²) >= 11 is 17.8. The third kappa shape index (κ3) is 2.49. The Labute approximate surface area is 123 Å². The van der Waals surface area contributed by atoms with Crippen LogP contribution in [0.5, 0.6) is 0 Å². The van der Waals surface area contributed by atoms with Gasteiger partial charge in [0, 0.05) is 5.69 Å². The normalized spacial score (nSPS) is 20.6. The number of guanidine groups is 1. The van der Waals surface area contributed by atoms with Gasteiger partial charge in [0.25, 0.3) is 0 Å². The van der Waals surface area contributed by atoms with Gasteiger partial charge >= 0.3 is 0 Å². The number of nitrogens with zero attached hydrogens (tertiary/aromatic N) is 4. The second kappa shape index (κ2) is 4.92. The second-order valence-corrected chi connectivity index (χ2v) is 4.98. The average Bonchev–Trinajstić information content (AvgIpc) is 2.82. The number of anilines is 1. The first-order chi connectivity index (χ1) is 9.13. The van der Waals surface area contributed by atoms with E-state index in [4.69, 9.17) is 34.8 Å². The minimum Gasteiger partial charge on any atom is -0.324 e. The van der Waals surface area contributed by atoms with Crippen LogP contribution in [-0.4, -0.2) is 29.3 Å². The van der Waals surface area contributed by atoms with Gasteiger partial charge in [-0.15, -0.1) is 0 Å². The molecule has 0 aromatic heterocycles. The van der Waals surface area contributed by atoms with Crippen molar-refractivity contribution in [2.24, 2.45) is 20.0 Å². The third-order valence-electron chi connectivity index (χ3n) is 2.48. The van der Waals surface area contributed by atoms with E-state index in [1.54, 1.807) is 18.2 Å². The number of fused-ring (bicyclic) bond motifs is 1. The van der Waals surface area contributed by atoms with E-state index in [1.165, 1.54) is 6.34 Å². The van der Waals surface area contributed by atoms with E-state index < -0.39 is 0 Å². The number of benzene rings is 1. The van der Waals surface area contributed by atoms with Gasteiger partial charge in [0.15, 0.2) is 11.9 Å². The maximum Gasteiger partial charge on any atom is 0.230 e. The molecule has 1 aromatic rings. The van der Waals surface area contributed by atoms with Gasteiger partial charge in [0.1, 0.15) is 11.5 Å². The molecule has 1 aromatic carbocycles. The van der Waals surface area contributed by atoms with Crippen molar-refractivity contribution >= 4 is 63.8 Å². The van der Waals surface area contributed by atoms with Crippen LogP contribution in [0.15, 0.2) is 38.2 Å². The van der Waals surface area contributed by atoms with Gasteiger partial charge in [0.05, 0.1) is 10.0 Å². The highest BCUT2D eigenvalue weighted by Crippen LogP contribution is 2.25. The van der Waals surface area contributed by atoms with Crippen molar-refractivity contribution < 1.29 is 0 Å². The molecule has 19 heavy (non-hydrogen) atoms. The van der Waals surface area contributed by atoms with Crippen molar-refractivity contribution in [1.82, 2.24) is 0 Å². The number of halogens is 3. The Morgan fingerprint density at radius 2 is 1.89 bits per heavy atom. The first-order valence-electron chi connectivity index (χ1n) is 5.27. The van der Waals surface area contributed by atoms with Crippen LogP contribution in [0.2, 0.25) is 10.0 Å². The van der Waals surface area contributed by atoms with Gasteiger partial charge in [0.2, 0.25) is 5.96 Å². The predicted octanol–water partition coefficient (Wildman–Crippen LogP) is 3.22. The molecule has 2 heterocycles. The summed E-state index contributed by atoms with van der Waals surface area (Å²) < 4.78 is 0. The molecule has 2 aliphatic rings. The van der Waals surface area contributed by atoms with Gasteiger partial charge < -0.3 is 5.32 Å². The molecule has 0 saturated heterocycles. The molecule has 3 rings (SSSR count). The third-order valence-corrected chi connectivity index (χ3v) is 3.52. The Morgan fingerprint density at radius 3 is 2.68 bits per heavy atom. The molecule has 1 unspecified atom stereocenters. The zero-order valence-electron chi connectivity index (χ0n) is 9.31. The monoisotopic (exact) mass is 313 g/mol. The minimum atomic E-state index is -0.374. The first-order valence-corrected chi connectivity index (χ1v) is 6.41. The van der Waals surface area contributed by atoms with Gasteiger partial charge in [-0.05, 0) is 18.2 Å². The Balaban J connectivity index is 1.86. The molecular weight excluding hydrogens is 309 g/mol. The highest BCUT2D eigenvalue weighted by atomic mass is 35.5. The molecule has 96 valence electrons. The van der Waals surface area contributed by atoms with Gasteiger partial charge in [-0.25, -0.2) is 9.98 Å². The molecule has 0 radical (unpaired) electrons. The first kappa shape index (κ1) is 12.6. The smallest absolute Gasteiger partial charge is 0.230 e. The number of aliphatic imine (C=N–C) groups is 4. The Kier molecular flexibility index (Phi) is 3.26. The Morgan fingerprint density at radius 1 is 1.05 bits per heavy atom. The largest absolute Gasteiger partial charge is 0.324 e. The van der Waals surface area contributed by atoms with Crippen molar-refractivity contribution in [1.29, 1.82) is 0 Å². The van der Waals surface area contributed by atoms with Crippen molar-refractivity contribution in [3.05, 3.63) is 28.2 Å². The van der Waals surface area contributed by atoms with Crippen molar-refractivity contribution in [2.75, 3.05) is 5.32 Å². The van der Waals surface area contributed by atoms with Crippen LogP contribution in [0.3, 0.4) is 0 Å². The van der Waals surface area contributed by atoms with Crippen LogP contribution in [0.4, 0.5) is 5.69 Å². The SMILES string of the molecule is ClC1=NC(Nc2ccc(Cl)c(Cl)c2)=NC2=NC=NC12. The van der Waals surface area contributed by atoms with E-state index >= 15 is 0 Å². The van der Waals surface area contributed by atoms with Crippen LogP contribution in [0.1, 0.15) is 0 Å². The second-order valence-electron chi connectivity index (χ2n) is 3.78. The lowest BCUT2D eigenvalue weighted by Gasteiger charge is -2.14. The molecule has 8 heteroatoms. The van der Waals surface area contributed by atoms with Gasteiger partial charge in [-0.3, -0.25) is 4.99 Å². The summed E-state index contributed by atoms with van der Waals surface area (Å²) in [7, 11) is 0. The summed E-state index contributed by atoms with van der Waals surface area (Å²) in [6.07, 6.45) is 1.42. The molecule has 0 aliphatic carbocycles. The summed E-state index contributed by atoms with van der Waals surface area (Å²) in [4.78, 5) is 16.4. The summed E-state index contributed by atoms with van der Waals surface area (Å²) in [5, 5.41) is 4.24. The quantitative estimate of drug-likeness (QED) is 0.850. The van der Waals surface area contributed by atoms with Gasteiger partial charge in [-0.1, -0.05) is 34.8 Å². The zero-order valence-corrected chi connectivity index (χ0v) is 11.6. The molecule has 1 N–H and O–H groups in total. The fourth-order valence-corrected chi connectivity index (χ4v) is 2.14. The molecule has 0 amide bonds. The molecule has 2 aliphatic heterocycles. The van der Waals surface area contributed by atoms with Crippen LogP contribution in [-0.2, 0) is 0 Å². The number of nitrogens with one attached hydrogen (secondary N) is 1. The number of hydrogen-bond acceptors (Lipinski definition) is 5. The minimum absolute atomic E-state index is 0.324. The Bertz CT molecular complexity index is 662. The van der Waals surface area contributed by atoms with Crippen LogP contribution < -0.4 is 5.32 Å². The number of hydrogen-bond donors (Lipinski definition) is 1. The lowest BCUT2D eigenvalue weighted by atomic mass is 10.3.